The third-order valence-electron chi connectivity index (χ3n) is 5.05. The van der Waals surface area contributed by atoms with Gasteiger partial charge in [-0.3, -0.25) is 14.9 Å². The molecule has 2 saturated heterocycles. The molecule has 2 fully saturated rings. The van der Waals surface area contributed by atoms with Crippen molar-refractivity contribution >= 4 is 11.8 Å². The number of fused-ring (bicyclic) bond motifs is 2. The van der Waals surface area contributed by atoms with E-state index in [-0.39, 0.29) is 25.4 Å². The maximum absolute atomic E-state index is 12.5. The largest absolute Gasteiger partial charge is 0.454 e. The Morgan fingerprint density at radius 2 is 2.16 bits per heavy atom. The fourth-order valence-corrected chi connectivity index (χ4v) is 3.71. The van der Waals surface area contributed by atoms with Gasteiger partial charge in [0, 0.05) is 12.5 Å². The van der Waals surface area contributed by atoms with E-state index < -0.39 is 23.8 Å². The minimum absolute atomic E-state index is 0.146. The van der Waals surface area contributed by atoms with Crippen molar-refractivity contribution in [2.45, 2.75) is 31.7 Å². The van der Waals surface area contributed by atoms with Gasteiger partial charge < -0.3 is 25.2 Å². The summed E-state index contributed by atoms with van der Waals surface area (Å²) in [5.41, 5.74) is 0.834. The summed E-state index contributed by atoms with van der Waals surface area (Å²) in [7, 11) is 0. The summed E-state index contributed by atoms with van der Waals surface area (Å²) in [4.78, 5) is 24.7. The van der Waals surface area contributed by atoms with Crippen LogP contribution in [0.1, 0.15) is 18.4 Å². The van der Waals surface area contributed by atoms with Crippen molar-refractivity contribution < 1.29 is 24.2 Å². The second kappa shape index (κ2) is 6.53. The van der Waals surface area contributed by atoms with E-state index in [9.17, 15) is 14.7 Å². The molecule has 3 aliphatic heterocycles. The number of amides is 2. The maximum atomic E-state index is 12.5. The van der Waals surface area contributed by atoms with E-state index in [1.54, 1.807) is 12.1 Å². The predicted molar refractivity (Wildman–Crippen MR) is 86.6 cm³/mol. The summed E-state index contributed by atoms with van der Waals surface area (Å²) in [5.74, 6) is -0.827. The fourth-order valence-electron chi connectivity index (χ4n) is 3.71. The minimum Gasteiger partial charge on any atom is -0.454 e. The maximum Gasteiger partial charge on any atom is 0.236 e. The first-order valence-corrected chi connectivity index (χ1v) is 8.51. The molecular formula is C17H21N3O5. The van der Waals surface area contributed by atoms with Crippen molar-refractivity contribution in [1.82, 2.24) is 16.0 Å². The monoisotopic (exact) mass is 347 g/mol. The summed E-state index contributed by atoms with van der Waals surface area (Å²) in [6.07, 6.45) is 0.461. The second-order valence-corrected chi connectivity index (χ2v) is 6.62. The zero-order chi connectivity index (χ0) is 17.4. The van der Waals surface area contributed by atoms with Gasteiger partial charge in [0.2, 0.25) is 18.6 Å². The molecule has 8 heteroatoms. The molecule has 0 radical (unpaired) electrons. The summed E-state index contributed by atoms with van der Waals surface area (Å²) in [5, 5.41) is 19.2. The van der Waals surface area contributed by atoms with Crippen LogP contribution in [0.2, 0.25) is 0 Å². The first kappa shape index (κ1) is 16.2. The Morgan fingerprint density at radius 3 is 3.04 bits per heavy atom. The molecule has 1 aromatic carbocycles. The molecule has 1 aromatic rings. The molecule has 0 aromatic heterocycles. The third kappa shape index (κ3) is 3.03. The van der Waals surface area contributed by atoms with E-state index in [4.69, 9.17) is 9.47 Å². The molecule has 134 valence electrons. The number of piperidine rings is 2. The highest BCUT2D eigenvalue weighted by atomic mass is 16.7. The Balaban J connectivity index is 1.41. The minimum atomic E-state index is -1.09. The third-order valence-corrected chi connectivity index (χ3v) is 5.05. The number of aliphatic hydroxyl groups excluding tert-OH is 1. The predicted octanol–water partition coefficient (Wildman–Crippen LogP) is -0.536. The van der Waals surface area contributed by atoms with Crippen LogP contribution in [0.5, 0.6) is 11.5 Å². The van der Waals surface area contributed by atoms with Crippen LogP contribution in [-0.2, 0) is 16.1 Å². The molecule has 0 bridgehead atoms. The Morgan fingerprint density at radius 1 is 1.32 bits per heavy atom. The van der Waals surface area contributed by atoms with Crippen LogP contribution in [0.15, 0.2) is 18.2 Å². The van der Waals surface area contributed by atoms with Gasteiger partial charge >= 0.3 is 0 Å². The van der Waals surface area contributed by atoms with Crippen molar-refractivity contribution in [1.29, 1.82) is 0 Å². The average Bonchev–Trinajstić information content (AvgIpc) is 3.07. The molecule has 0 saturated carbocycles. The Bertz CT molecular complexity index is 695. The van der Waals surface area contributed by atoms with E-state index in [1.165, 1.54) is 0 Å². The quantitative estimate of drug-likeness (QED) is 0.547. The van der Waals surface area contributed by atoms with Crippen molar-refractivity contribution in [2.75, 3.05) is 13.3 Å². The number of rotatable bonds is 3. The van der Waals surface area contributed by atoms with Crippen LogP contribution in [0, 0.1) is 11.8 Å². The van der Waals surface area contributed by atoms with Crippen LogP contribution in [0.25, 0.3) is 0 Å². The van der Waals surface area contributed by atoms with Gasteiger partial charge in [0.05, 0.1) is 12.3 Å². The molecule has 4 atom stereocenters. The van der Waals surface area contributed by atoms with Gasteiger partial charge in [-0.25, -0.2) is 0 Å². The molecule has 25 heavy (non-hydrogen) atoms. The topological polar surface area (TPSA) is 109 Å². The van der Waals surface area contributed by atoms with Crippen molar-refractivity contribution in [3.05, 3.63) is 23.8 Å². The van der Waals surface area contributed by atoms with E-state index in [0.717, 1.165) is 24.9 Å². The lowest BCUT2D eigenvalue weighted by Crippen LogP contribution is -2.66. The van der Waals surface area contributed by atoms with Gasteiger partial charge in [-0.15, -0.1) is 0 Å². The number of hydrogen-bond donors (Lipinski definition) is 4. The number of nitrogens with one attached hydrogen (secondary N) is 3. The Kier molecular flexibility index (Phi) is 4.22. The van der Waals surface area contributed by atoms with Crippen molar-refractivity contribution in [2.24, 2.45) is 11.8 Å². The van der Waals surface area contributed by atoms with E-state index >= 15 is 0 Å². The number of hydrogen-bond acceptors (Lipinski definition) is 6. The van der Waals surface area contributed by atoms with Gasteiger partial charge in [0.25, 0.3) is 0 Å². The summed E-state index contributed by atoms with van der Waals surface area (Å²) < 4.78 is 10.6. The number of carbonyl (C=O) groups excluding carboxylic acids is 2. The van der Waals surface area contributed by atoms with Crippen LogP contribution in [-0.4, -0.2) is 42.5 Å². The van der Waals surface area contributed by atoms with Crippen molar-refractivity contribution in [3.63, 3.8) is 0 Å². The normalized spacial score (nSPS) is 30.4. The average molecular weight is 347 g/mol. The SMILES string of the molecule is O=C(NCc1ccc2c(c1)OCO2)C1C(=O)NC2NCCCC2C1O. The van der Waals surface area contributed by atoms with E-state index in [1.807, 2.05) is 6.07 Å². The van der Waals surface area contributed by atoms with Gasteiger partial charge in [-0.05, 0) is 37.1 Å². The first-order chi connectivity index (χ1) is 12.1. The first-order valence-electron chi connectivity index (χ1n) is 8.51. The molecule has 2 amide bonds. The van der Waals surface area contributed by atoms with Crippen LogP contribution in [0.3, 0.4) is 0 Å². The molecule has 4 N–H and O–H groups in total. The fraction of sp³-hybridized carbons (Fsp3) is 0.529. The zero-order valence-corrected chi connectivity index (χ0v) is 13.7. The van der Waals surface area contributed by atoms with Gasteiger partial charge in [-0.2, -0.15) is 0 Å². The molecule has 3 aliphatic rings. The van der Waals surface area contributed by atoms with Gasteiger partial charge in [0.15, 0.2) is 11.5 Å². The van der Waals surface area contributed by atoms with Crippen LogP contribution in [0.4, 0.5) is 0 Å². The number of carbonyl (C=O) groups is 2. The zero-order valence-electron chi connectivity index (χ0n) is 13.7. The second-order valence-electron chi connectivity index (χ2n) is 6.62. The molecule has 0 spiro atoms. The Hall–Kier alpha value is -2.32. The molecule has 3 heterocycles. The van der Waals surface area contributed by atoms with E-state index in [2.05, 4.69) is 16.0 Å². The summed E-state index contributed by atoms with van der Waals surface area (Å²) in [6, 6.07) is 5.40. The molecular weight excluding hydrogens is 326 g/mol. The van der Waals surface area contributed by atoms with Crippen molar-refractivity contribution in [3.8, 4) is 11.5 Å². The smallest absolute Gasteiger partial charge is 0.236 e. The van der Waals surface area contributed by atoms with E-state index in [0.29, 0.717) is 11.5 Å². The van der Waals surface area contributed by atoms with Gasteiger partial charge in [0.1, 0.15) is 5.92 Å². The highest BCUT2D eigenvalue weighted by Crippen LogP contribution is 2.32. The number of aliphatic hydroxyl groups is 1. The van der Waals surface area contributed by atoms with Crippen LogP contribution < -0.4 is 25.4 Å². The highest BCUT2D eigenvalue weighted by Gasteiger charge is 2.47. The van der Waals surface area contributed by atoms with Gasteiger partial charge in [-0.1, -0.05) is 6.07 Å². The summed E-state index contributed by atoms with van der Waals surface area (Å²) in [6.45, 7) is 1.24. The standard InChI is InChI=1S/C17H21N3O5/c21-14-10-2-1-5-18-15(10)20-17(23)13(14)16(22)19-7-9-3-4-11-12(6-9)25-8-24-11/h3-4,6,10,13-15,18,21H,1-2,5,7-8H2,(H,19,22)(H,20,23). The molecule has 4 unspecified atom stereocenters. The number of benzene rings is 1. The summed E-state index contributed by atoms with van der Waals surface area (Å²) >= 11 is 0. The highest BCUT2D eigenvalue weighted by molar-refractivity contribution is 6.01. The van der Waals surface area contributed by atoms with Crippen LogP contribution >= 0.6 is 0 Å². The Labute approximate surface area is 144 Å². The molecule has 8 nitrogen and oxygen atoms in total. The lowest BCUT2D eigenvalue weighted by atomic mass is 9.79. The molecule has 0 aliphatic carbocycles. The molecule has 4 rings (SSSR count). The lowest BCUT2D eigenvalue weighted by molar-refractivity contribution is -0.149. The number of ether oxygens (including phenoxy) is 2. The lowest BCUT2D eigenvalue weighted by Gasteiger charge is -2.42.